The SMILES string of the molecule is CCOC(=O)C1=C(C)N(C)C(=S)NC1c1c(F)cccc1Cl. The van der Waals surface area contributed by atoms with E-state index >= 15 is 0 Å². The number of rotatable bonds is 3. The quantitative estimate of drug-likeness (QED) is 0.675. The Kier molecular flexibility index (Phi) is 5.03. The van der Waals surface area contributed by atoms with Crippen LogP contribution in [0.2, 0.25) is 5.02 Å². The normalized spacial score (nSPS) is 18.3. The van der Waals surface area contributed by atoms with Gasteiger partial charge in [-0.3, -0.25) is 0 Å². The molecule has 22 heavy (non-hydrogen) atoms. The zero-order chi connectivity index (χ0) is 16.4. The van der Waals surface area contributed by atoms with Crippen molar-refractivity contribution in [1.29, 1.82) is 0 Å². The molecule has 1 unspecified atom stereocenters. The molecule has 0 bridgehead atoms. The molecule has 118 valence electrons. The molecule has 1 atom stereocenters. The molecule has 0 amide bonds. The average molecular weight is 343 g/mol. The van der Waals surface area contributed by atoms with Gasteiger partial charge in [0.05, 0.1) is 18.2 Å². The highest BCUT2D eigenvalue weighted by Crippen LogP contribution is 2.35. The third kappa shape index (κ3) is 2.94. The molecule has 0 spiro atoms. The van der Waals surface area contributed by atoms with Gasteiger partial charge in [-0.2, -0.15) is 0 Å². The van der Waals surface area contributed by atoms with Crippen LogP contribution in [0.5, 0.6) is 0 Å². The van der Waals surface area contributed by atoms with E-state index in [4.69, 9.17) is 28.6 Å². The van der Waals surface area contributed by atoms with Gasteiger partial charge < -0.3 is 15.0 Å². The Morgan fingerprint density at radius 3 is 2.82 bits per heavy atom. The minimum Gasteiger partial charge on any atom is -0.463 e. The first-order valence-electron chi connectivity index (χ1n) is 6.74. The smallest absolute Gasteiger partial charge is 0.338 e. The number of nitrogens with zero attached hydrogens (tertiary/aromatic N) is 1. The number of halogens is 2. The van der Waals surface area contributed by atoms with Crippen LogP contribution >= 0.6 is 23.8 Å². The van der Waals surface area contributed by atoms with Crippen molar-refractivity contribution in [3.63, 3.8) is 0 Å². The predicted octanol–water partition coefficient (Wildman–Crippen LogP) is 3.18. The molecule has 1 aliphatic rings. The third-order valence-corrected chi connectivity index (χ3v) is 4.26. The molecule has 1 N–H and O–H groups in total. The van der Waals surface area contributed by atoms with Crippen LogP contribution in [-0.2, 0) is 9.53 Å². The Morgan fingerprint density at radius 2 is 2.23 bits per heavy atom. The maximum Gasteiger partial charge on any atom is 0.338 e. The number of hydrogen-bond acceptors (Lipinski definition) is 3. The van der Waals surface area contributed by atoms with Gasteiger partial charge >= 0.3 is 5.97 Å². The Balaban J connectivity index is 2.61. The summed E-state index contributed by atoms with van der Waals surface area (Å²) in [6, 6.07) is 3.59. The van der Waals surface area contributed by atoms with E-state index in [0.717, 1.165) is 0 Å². The van der Waals surface area contributed by atoms with E-state index in [9.17, 15) is 9.18 Å². The largest absolute Gasteiger partial charge is 0.463 e. The number of carbonyl (C=O) groups excluding carboxylic acids is 1. The topological polar surface area (TPSA) is 41.6 Å². The Morgan fingerprint density at radius 1 is 1.55 bits per heavy atom. The Bertz CT molecular complexity index is 643. The van der Waals surface area contributed by atoms with Crippen LogP contribution < -0.4 is 5.32 Å². The molecule has 7 heteroatoms. The molecule has 0 aromatic heterocycles. The zero-order valence-electron chi connectivity index (χ0n) is 12.4. The van der Waals surface area contributed by atoms with E-state index in [1.165, 1.54) is 12.1 Å². The molecule has 1 heterocycles. The first-order valence-corrected chi connectivity index (χ1v) is 7.53. The van der Waals surface area contributed by atoms with E-state index in [0.29, 0.717) is 16.4 Å². The molecule has 0 fully saturated rings. The van der Waals surface area contributed by atoms with E-state index in [1.807, 2.05) is 0 Å². The molecular weight excluding hydrogens is 327 g/mol. The maximum absolute atomic E-state index is 14.3. The second-order valence-corrected chi connectivity index (χ2v) is 5.59. The molecule has 1 aromatic carbocycles. The van der Waals surface area contributed by atoms with Crippen LogP contribution in [-0.4, -0.2) is 29.6 Å². The lowest BCUT2D eigenvalue weighted by Crippen LogP contribution is -2.46. The van der Waals surface area contributed by atoms with Gasteiger partial charge in [0.15, 0.2) is 5.11 Å². The summed E-state index contributed by atoms with van der Waals surface area (Å²) in [6.45, 7) is 3.67. The predicted molar refractivity (Wildman–Crippen MR) is 87.0 cm³/mol. The number of benzene rings is 1. The lowest BCUT2D eigenvalue weighted by atomic mass is 9.94. The molecule has 4 nitrogen and oxygen atoms in total. The average Bonchev–Trinajstić information content (AvgIpc) is 2.45. The van der Waals surface area contributed by atoms with E-state index in [1.54, 1.807) is 31.9 Å². The second-order valence-electron chi connectivity index (χ2n) is 4.80. The van der Waals surface area contributed by atoms with E-state index < -0.39 is 17.8 Å². The number of hydrogen-bond donors (Lipinski definition) is 1. The monoisotopic (exact) mass is 342 g/mol. The van der Waals surface area contributed by atoms with Crippen molar-refractivity contribution < 1.29 is 13.9 Å². The van der Waals surface area contributed by atoms with Gasteiger partial charge in [-0.15, -0.1) is 0 Å². The van der Waals surface area contributed by atoms with Crippen molar-refractivity contribution in [2.45, 2.75) is 19.9 Å². The summed E-state index contributed by atoms with van der Waals surface area (Å²) >= 11 is 11.4. The molecule has 2 rings (SSSR count). The van der Waals surface area contributed by atoms with Gasteiger partial charge in [0, 0.05) is 23.3 Å². The highest BCUT2D eigenvalue weighted by atomic mass is 35.5. The maximum atomic E-state index is 14.3. The third-order valence-electron chi connectivity index (χ3n) is 3.54. The molecule has 1 aliphatic heterocycles. The second kappa shape index (κ2) is 6.62. The minimum absolute atomic E-state index is 0.182. The van der Waals surface area contributed by atoms with Gasteiger partial charge in [0.2, 0.25) is 0 Å². The number of carbonyl (C=O) groups is 1. The number of ether oxygens (including phenoxy) is 1. The van der Waals surface area contributed by atoms with Crippen LogP contribution in [0.25, 0.3) is 0 Å². The van der Waals surface area contributed by atoms with E-state index in [2.05, 4.69) is 5.32 Å². The number of allylic oxidation sites excluding steroid dienone is 1. The van der Waals surface area contributed by atoms with Crippen molar-refractivity contribution >= 4 is 34.9 Å². The zero-order valence-corrected chi connectivity index (χ0v) is 14.0. The summed E-state index contributed by atoms with van der Waals surface area (Å²) in [5.41, 5.74) is 1.08. The highest BCUT2D eigenvalue weighted by Gasteiger charge is 2.35. The fraction of sp³-hybridized carbons (Fsp3) is 0.333. The summed E-state index contributed by atoms with van der Waals surface area (Å²) in [5, 5.41) is 3.56. The van der Waals surface area contributed by atoms with Gasteiger partial charge in [-0.25, -0.2) is 9.18 Å². The summed E-state index contributed by atoms with van der Waals surface area (Å²) in [7, 11) is 1.73. The van der Waals surface area contributed by atoms with Crippen LogP contribution in [0.15, 0.2) is 29.5 Å². The summed E-state index contributed by atoms with van der Waals surface area (Å²) < 4.78 is 19.3. The summed E-state index contributed by atoms with van der Waals surface area (Å²) in [6.07, 6.45) is 0. The highest BCUT2D eigenvalue weighted by molar-refractivity contribution is 7.80. The van der Waals surface area contributed by atoms with Gasteiger partial charge in [0.1, 0.15) is 5.82 Å². The molecule has 0 radical (unpaired) electrons. The molecular formula is C15H16ClFN2O2S. The van der Waals surface area contributed by atoms with Crippen molar-refractivity contribution in [1.82, 2.24) is 10.2 Å². The van der Waals surface area contributed by atoms with Gasteiger partial charge in [-0.1, -0.05) is 17.7 Å². The molecule has 0 saturated carbocycles. The van der Waals surface area contributed by atoms with Crippen LogP contribution in [0, 0.1) is 5.82 Å². The Labute approximate surface area is 138 Å². The fourth-order valence-corrected chi connectivity index (χ4v) is 2.84. The number of nitrogens with one attached hydrogen (secondary N) is 1. The standard InChI is InChI=1S/C15H16ClFN2O2S/c1-4-21-14(20)11-8(2)19(3)15(22)18-13(11)12-9(16)6-5-7-10(12)17/h5-7,13H,4H2,1-3H3,(H,18,22). The fourth-order valence-electron chi connectivity index (χ4n) is 2.31. The van der Waals surface area contributed by atoms with Crippen molar-refractivity contribution in [3.05, 3.63) is 45.9 Å². The van der Waals surface area contributed by atoms with Crippen molar-refractivity contribution in [3.8, 4) is 0 Å². The number of esters is 1. The van der Waals surface area contributed by atoms with Crippen LogP contribution in [0.3, 0.4) is 0 Å². The minimum atomic E-state index is -0.781. The Hall–Kier alpha value is -1.66. The molecule has 0 aliphatic carbocycles. The summed E-state index contributed by atoms with van der Waals surface area (Å²) in [4.78, 5) is 14.0. The lowest BCUT2D eigenvalue weighted by molar-refractivity contribution is -0.139. The van der Waals surface area contributed by atoms with E-state index in [-0.39, 0.29) is 17.2 Å². The first kappa shape index (κ1) is 16.7. The number of thiocarbonyl (C=S) groups is 1. The van der Waals surface area contributed by atoms with Crippen LogP contribution in [0.1, 0.15) is 25.5 Å². The first-order chi connectivity index (χ1) is 10.4. The van der Waals surface area contributed by atoms with Crippen molar-refractivity contribution in [2.24, 2.45) is 0 Å². The lowest BCUT2D eigenvalue weighted by Gasteiger charge is -2.35. The van der Waals surface area contributed by atoms with Crippen molar-refractivity contribution in [2.75, 3.05) is 13.7 Å². The van der Waals surface area contributed by atoms with Crippen LogP contribution in [0.4, 0.5) is 4.39 Å². The van der Waals surface area contributed by atoms with Gasteiger partial charge in [0.25, 0.3) is 0 Å². The molecule has 1 aromatic rings. The summed E-state index contributed by atoms with van der Waals surface area (Å²) in [5.74, 6) is -1.03. The van der Waals surface area contributed by atoms with Gasteiger partial charge in [-0.05, 0) is 38.2 Å². The molecule has 0 saturated heterocycles.